The standard InChI is InChI=1S/C33H38F2N8O5S/c1-20-14-27(40-43(20)28-8-6-7-13-48-28)42(18-21-9-11-23(46-3)12-10-21)32-31(47-4)30(22-17-37-41(2)19-22)38-33(36,39-32)29-25(34)15-24(16-26(29)35)49(5,44)45/h9-12,14-17,19,28,38H,6-8,13,18,36H2,1-5H3. The fourth-order valence-electron chi connectivity index (χ4n) is 5.97. The smallest absolute Gasteiger partial charge is 0.217 e. The molecular weight excluding hydrogens is 658 g/mol. The first kappa shape index (κ1) is 34.1. The highest BCUT2D eigenvalue weighted by atomic mass is 32.2. The van der Waals surface area contributed by atoms with Gasteiger partial charge in [-0.05, 0) is 56.0 Å². The lowest BCUT2D eigenvalue weighted by Crippen LogP contribution is -2.54. The van der Waals surface area contributed by atoms with E-state index in [2.05, 4.69) is 10.4 Å². The van der Waals surface area contributed by atoms with E-state index >= 15 is 8.78 Å². The molecule has 0 aliphatic carbocycles. The highest BCUT2D eigenvalue weighted by molar-refractivity contribution is 7.90. The van der Waals surface area contributed by atoms with Crippen LogP contribution in [0.4, 0.5) is 14.6 Å². The van der Waals surface area contributed by atoms with Crippen LogP contribution >= 0.6 is 0 Å². The van der Waals surface area contributed by atoms with E-state index in [0.29, 0.717) is 23.7 Å². The van der Waals surface area contributed by atoms with E-state index < -0.39 is 37.7 Å². The number of amidine groups is 1. The molecule has 2 aromatic carbocycles. The van der Waals surface area contributed by atoms with Gasteiger partial charge in [-0.1, -0.05) is 12.1 Å². The lowest BCUT2D eigenvalue weighted by atomic mass is 10.0. The first-order valence-corrected chi connectivity index (χ1v) is 17.4. The number of methoxy groups -OCH3 is 2. The average Bonchev–Trinajstić information content (AvgIpc) is 3.68. The molecule has 2 atom stereocenters. The second-order valence-electron chi connectivity index (χ2n) is 12.0. The van der Waals surface area contributed by atoms with Crippen LogP contribution in [-0.4, -0.2) is 60.9 Å². The molecular formula is C33H38F2N8O5S. The minimum absolute atomic E-state index is 0.0959. The monoisotopic (exact) mass is 696 g/mol. The molecule has 0 amide bonds. The molecule has 2 aliphatic heterocycles. The molecule has 0 radical (unpaired) electrons. The molecule has 6 rings (SSSR count). The Hall–Kier alpha value is -4.80. The van der Waals surface area contributed by atoms with Crippen molar-refractivity contribution in [3.63, 3.8) is 0 Å². The van der Waals surface area contributed by atoms with Crippen LogP contribution in [0.1, 0.15) is 47.9 Å². The Labute approximate surface area is 282 Å². The highest BCUT2D eigenvalue weighted by Crippen LogP contribution is 2.37. The number of anilines is 1. The van der Waals surface area contributed by atoms with Gasteiger partial charge in [0.15, 0.2) is 33.5 Å². The molecule has 2 aromatic heterocycles. The van der Waals surface area contributed by atoms with Gasteiger partial charge in [-0.15, -0.1) is 0 Å². The Kier molecular flexibility index (Phi) is 9.21. The first-order valence-electron chi connectivity index (χ1n) is 15.5. The molecule has 4 aromatic rings. The molecule has 16 heteroatoms. The summed E-state index contributed by atoms with van der Waals surface area (Å²) in [5, 5.41) is 12.2. The number of hydrogen-bond acceptors (Lipinski definition) is 11. The van der Waals surface area contributed by atoms with Crippen LogP contribution in [0.25, 0.3) is 5.70 Å². The van der Waals surface area contributed by atoms with Crippen LogP contribution in [0.3, 0.4) is 0 Å². The fraction of sp³-hybridized carbons (Fsp3) is 0.364. The maximum Gasteiger partial charge on any atom is 0.217 e. The molecule has 3 N–H and O–H groups in total. The van der Waals surface area contributed by atoms with Crippen molar-refractivity contribution in [1.29, 1.82) is 0 Å². The number of ether oxygens (including phenoxy) is 3. The first-order chi connectivity index (χ1) is 23.3. The molecule has 0 bridgehead atoms. The molecule has 0 spiro atoms. The zero-order chi connectivity index (χ0) is 35.1. The summed E-state index contributed by atoms with van der Waals surface area (Å²) in [6.45, 7) is 2.70. The quantitative estimate of drug-likeness (QED) is 0.262. The lowest BCUT2D eigenvalue weighted by molar-refractivity contribution is -0.0405. The van der Waals surface area contributed by atoms with E-state index in [1.54, 1.807) is 29.9 Å². The third kappa shape index (κ3) is 6.75. The fourth-order valence-corrected chi connectivity index (χ4v) is 6.61. The van der Waals surface area contributed by atoms with Crippen LogP contribution in [0.5, 0.6) is 5.75 Å². The number of halogens is 2. The molecule has 260 valence electrons. The zero-order valence-corrected chi connectivity index (χ0v) is 28.6. The van der Waals surface area contributed by atoms with Crippen LogP contribution in [0.2, 0.25) is 0 Å². The Morgan fingerprint density at radius 3 is 2.41 bits per heavy atom. The summed E-state index contributed by atoms with van der Waals surface area (Å²) in [5.74, 6) is -3.32. The molecule has 1 saturated heterocycles. The molecule has 4 heterocycles. The SMILES string of the molecule is COC1=C(c2cnn(C)c2)NC(N)(c2c(F)cc(S(C)(=O)=O)cc2F)N=C1N(Cc1ccc(OC)cc1)c1cc(C)n(C2CCCCO2)n1. The van der Waals surface area contributed by atoms with Crippen LogP contribution in [0, 0.1) is 18.6 Å². The summed E-state index contributed by atoms with van der Waals surface area (Å²) in [7, 11) is 0.788. The predicted molar refractivity (Wildman–Crippen MR) is 178 cm³/mol. The summed E-state index contributed by atoms with van der Waals surface area (Å²) in [5.41, 5.74) is 8.51. The van der Waals surface area contributed by atoms with Gasteiger partial charge in [0.05, 0.1) is 43.1 Å². The van der Waals surface area contributed by atoms with Crippen molar-refractivity contribution < 1.29 is 31.4 Å². The highest BCUT2D eigenvalue weighted by Gasteiger charge is 2.43. The number of aryl methyl sites for hydroxylation is 2. The summed E-state index contributed by atoms with van der Waals surface area (Å²) in [6.07, 6.45) is 6.55. The van der Waals surface area contributed by atoms with Crippen molar-refractivity contribution in [1.82, 2.24) is 24.9 Å². The van der Waals surface area contributed by atoms with Gasteiger partial charge in [0.2, 0.25) is 5.79 Å². The summed E-state index contributed by atoms with van der Waals surface area (Å²) in [6, 6.07) is 10.7. The van der Waals surface area contributed by atoms with Gasteiger partial charge in [-0.25, -0.2) is 26.9 Å². The van der Waals surface area contributed by atoms with Crippen molar-refractivity contribution in [3.8, 4) is 5.75 Å². The Bertz CT molecular complexity index is 2010. The number of nitrogens with zero attached hydrogens (tertiary/aromatic N) is 6. The Morgan fingerprint density at radius 1 is 1.12 bits per heavy atom. The molecule has 49 heavy (non-hydrogen) atoms. The van der Waals surface area contributed by atoms with Crippen LogP contribution < -0.4 is 20.7 Å². The Balaban J connectivity index is 1.58. The van der Waals surface area contributed by atoms with Gasteiger partial charge in [0.1, 0.15) is 17.4 Å². The maximum atomic E-state index is 15.9. The number of rotatable bonds is 9. The molecule has 2 unspecified atom stereocenters. The number of nitrogens with two attached hydrogens (primary N) is 1. The Morgan fingerprint density at radius 2 is 1.84 bits per heavy atom. The molecule has 13 nitrogen and oxygen atoms in total. The average molecular weight is 697 g/mol. The number of aromatic nitrogens is 4. The second-order valence-corrected chi connectivity index (χ2v) is 14.0. The summed E-state index contributed by atoms with van der Waals surface area (Å²) >= 11 is 0. The van der Waals surface area contributed by atoms with Crippen molar-refractivity contribution >= 4 is 27.2 Å². The van der Waals surface area contributed by atoms with Crippen molar-refractivity contribution in [2.75, 3.05) is 32.0 Å². The topological polar surface area (TPSA) is 151 Å². The minimum Gasteiger partial charge on any atom is -0.497 e. The van der Waals surface area contributed by atoms with Crippen molar-refractivity contribution in [2.24, 2.45) is 17.8 Å². The molecule has 2 aliphatic rings. The number of aliphatic imine (C=N–C) groups is 1. The van der Waals surface area contributed by atoms with Gasteiger partial charge >= 0.3 is 0 Å². The second kappa shape index (κ2) is 13.2. The maximum absolute atomic E-state index is 15.9. The van der Waals surface area contributed by atoms with E-state index in [0.717, 1.165) is 48.9 Å². The van der Waals surface area contributed by atoms with E-state index in [1.165, 1.54) is 13.3 Å². The van der Waals surface area contributed by atoms with E-state index in [-0.39, 0.29) is 30.1 Å². The van der Waals surface area contributed by atoms with E-state index in [1.807, 2.05) is 41.9 Å². The number of benzene rings is 2. The van der Waals surface area contributed by atoms with Gasteiger partial charge in [0, 0.05) is 43.4 Å². The van der Waals surface area contributed by atoms with Crippen LogP contribution in [0.15, 0.2) is 70.5 Å². The summed E-state index contributed by atoms with van der Waals surface area (Å²) < 4.78 is 76.9. The third-order valence-corrected chi connectivity index (χ3v) is 9.51. The van der Waals surface area contributed by atoms with Crippen molar-refractivity contribution in [2.45, 2.75) is 49.6 Å². The van der Waals surface area contributed by atoms with Gasteiger partial charge < -0.3 is 24.4 Å². The zero-order valence-electron chi connectivity index (χ0n) is 27.8. The van der Waals surface area contributed by atoms with Gasteiger partial charge in [-0.2, -0.15) is 10.2 Å². The van der Waals surface area contributed by atoms with Gasteiger partial charge in [0.25, 0.3) is 0 Å². The minimum atomic E-state index is -3.95. The predicted octanol–water partition coefficient (Wildman–Crippen LogP) is 4.11. The van der Waals surface area contributed by atoms with Crippen molar-refractivity contribution in [3.05, 3.63) is 94.6 Å². The number of hydrogen-bond donors (Lipinski definition) is 2. The van der Waals surface area contributed by atoms with E-state index in [4.69, 9.17) is 30.0 Å². The number of nitrogens with one attached hydrogen (secondary N) is 1. The normalized spacial score (nSPS) is 19.8. The summed E-state index contributed by atoms with van der Waals surface area (Å²) in [4.78, 5) is 5.96. The third-order valence-electron chi connectivity index (χ3n) is 8.42. The largest absolute Gasteiger partial charge is 0.497 e. The molecule has 0 saturated carbocycles. The lowest BCUT2D eigenvalue weighted by Gasteiger charge is -2.38. The number of sulfone groups is 1. The van der Waals surface area contributed by atoms with Crippen LogP contribution in [-0.2, 0) is 38.7 Å². The van der Waals surface area contributed by atoms with Gasteiger partial charge in [-0.3, -0.25) is 10.4 Å². The molecule has 1 fully saturated rings. The van der Waals surface area contributed by atoms with E-state index in [9.17, 15) is 8.42 Å².